The topological polar surface area (TPSA) is 6.48 Å². The summed E-state index contributed by atoms with van der Waals surface area (Å²) in [7, 11) is 4.22. The summed E-state index contributed by atoms with van der Waals surface area (Å²) in [5.74, 6) is 0. The van der Waals surface area contributed by atoms with E-state index in [1.54, 1.807) is 0 Å². The third-order valence-electron chi connectivity index (χ3n) is 2.47. The van der Waals surface area contributed by atoms with Gasteiger partial charge in [-0.1, -0.05) is 6.92 Å². The minimum atomic E-state index is 0. The molecule has 0 N–H and O–H groups in total. The maximum absolute atomic E-state index is 3.77. The fourth-order valence-electron chi connectivity index (χ4n) is 0.936. The number of nitrogens with zero attached hydrogens (tertiary/aromatic N) is 2. The molecule has 0 aromatic rings. The van der Waals surface area contributed by atoms with Gasteiger partial charge in [-0.05, 0) is 47.6 Å². The maximum Gasteiger partial charge on any atom is 2.00 e. The van der Waals surface area contributed by atoms with E-state index in [4.69, 9.17) is 0 Å². The molecular formula is C13H30N2Zn. The molecule has 3 heteroatoms. The monoisotopic (exact) mass is 278 g/mol. The third kappa shape index (κ3) is 17.0. The van der Waals surface area contributed by atoms with Crippen LogP contribution in [0.2, 0.25) is 0 Å². The van der Waals surface area contributed by atoms with Crippen molar-refractivity contribution >= 4 is 0 Å². The molecule has 0 heterocycles. The van der Waals surface area contributed by atoms with Gasteiger partial charge in [-0.25, -0.2) is 0 Å². The Morgan fingerprint density at radius 3 is 1.56 bits per heavy atom. The van der Waals surface area contributed by atoms with Crippen LogP contribution in [0.3, 0.4) is 0 Å². The summed E-state index contributed by atoms with van der Waals surface area (Å²) < 4.78 is 0. The molecule has 0 aliphatic heterocycles. The van der Waals surface area contributed by atoms with Crippen molar-refractivity contribution in [1.82, 2.24) is 9.80 Å². The van der Waals surface area contributed by atoms with Crippen LogP contribution in [-0.2, 0) is 19.5 Å². The minimum absolute atomic E-state index is 0. The van der Waals surface area contributed by atoms with Crippen LogP contribution >= 0.6 is 0 Å². The van der Waals surface area contributed by atoms with E-state index in [1.807, 2.05) is 0 Å². The molecule has 0 unspecified atom stereocenters. The Kier molecular flexibility index (Phi) is 21.2. The van der Waals surface area contributed by atoms with Crippen LogP contribution in [0.25, 0.3) is 0 Å². The quantitative estimate of drug-likeness (QED) is 0.545. The van der Waals surface area contributed by atoms with E-state index >= 15 is 0 Å². The second kappa shape index (κ2) is 15.5. The van der Waals surface area contributed by atoms with Crippen molar-refractivity contribution < 1.29 is 19.5 Å². The van der Waals surface area contributed by atoms with E-state index in [0.717, 1.165) is 32.5 Å². The second-order valence-electron chi connectivity index (χ2n) is 4.18. The second-order valence-corrected chi connectivity index (χ2v) is 4.18. The molecule has 0 rings (SSSR count). The molecule has 16 heavy (non-hydrogen) atoms. The zero-order chi connectivity index (χ0) is 12.3. The van der Waals surface area contributed by atoms with Crippen molar-refractivity contribution in [3.05, 3.63) is 13.8 Å². The first-order chi connectivity index (χ1) is 6.99. The van der Waals surface area contributed by atoms with E-state index < -0.39 is 0 Å². The van der Waals surface area contributed by atoms with Gasteiger partial charge in [0.2, 0.25) is 0 Å². The summed E-state index contributed by atoms with van der Waals surface area (Å²) in [6.45, 7) is 17.4. The largest absolute Gasteiger partial charge is 2.00 e. The Hall–Kier alpha value is 0.543. The number of hydrogen-bond acceptors (Lipinski definition) is 2. The minimum Gasteiger partial charge on any atom is -0.342 e. The first kappa shape index (κ1) is 21.8. The van der Waals surface area contributed by atoms with Gasteiger partial charge in [0.25, 0.3) is 0 Å². The van der Waals surface area contributed by atoms with Crippen LogP contribution < -0.4 is 0 Å². The molecule has 0 amide bonds. The molecular weight excluding hydrogens is 250 g/mol. The summed E-state index contributed by atoms with van der Waals surface area (Å²) in [5.41, 5.74) is 0. The normalized spacial score (nSPS) is 10.1. The Balaban J connectivity index is -0.000000200. The van der Waals surface area contributed by atoms with Gasteiger partial charge in [-0.3, -0.25) is 0 Å². The van der Waals surface area contributed by atoms with E-state index in [0.29, 0.717) is 6.04 Å². The van der Waals surface area contributed by atoms with Crippen molar-refractivity contribution in [2.24, 2.45) is 0 Å². The standard InChI is InChI=1S/C7H16N.C6H14N.Zn/c1-5-6-8(4)7(2)3;1-4-6-7(3)5-2;/h7H,1,5-6H2,2-4H3;1,4-6H2,2-3H3;/q2*-1;+2. The van der Waals surface area contributed by atoms with Crippen LogP contribution in [0.1, 0.15) is 33.6 Å². The molecule has 0 saturated carbocycles. The van der Waals surface area contributed by atoms with Crippen LogP contribution in [0, 0.1) is 13.8 Å². The average molecular weight is 280 g/mol. The fourth-order valence-corrected chi connectivity index (χ4v) is 0.936. The molecule has 0 fully saturated rings. The maximum atomic E-state index is 3.77. The van der Waals surface area contributed by atoms with E-state index in [2.05, 4.69) is 58.5 Å². The zero-order valence-electron chi connectivity index (χ0n) is 12.1. The Labute approximate surface area is 117 Å². The van der Waals surface area contributed by atoms with Gasteiger partial charge in [0.05, 0.1) is 0 Å². The van der Waals surface area contributed by atoms with Gasteiger partial charge in [0.1, 0.15) is 0 Å². The van der Waals surface area contributed by atoms with Gasteiger partial charge in [-0.2, -0.15) is 12.8 Å². The summed E-state index contributed by atoms with van der Waals surface area (Å²) in [4.78, 5) is 4.53. The van der Waals surface area contributed by atoms with Crippen molar-refractivity contribution in [1.29, 1.82) is 0 Å². The molecule has 2 nitrogen and oxygen atoms in total. The number of hydrogen-bond donors (Lipinski definition) is 0. The molecule has 0 aliphatic carbocycles. The summed E-state index contributed by atoms with van der Waals surface area (Å²) >= 11 is 0. The molecule has 0 aliphatic rings. The predicted molar refractivity (Wildman–Crippen MR) is 70.9 cm³/mol. The zero-order valence-corrected chi connectivity index (χ0v) is 15.1. The van der Waals surface area contributed by atoms with Gasteiger partial charge >= 0.3 is 19.5 Å². The van der Waals surface area contributed by atoms with E-state index in [-0.39, 0.29) is 19.5 Å². The summed E-state index contributed by atoms with van der Waals surface area (Å²) in [6.07, 6.45) is 2.03. The predicted octanol–water partition coefficient (Wildman–Crippen LogP) is 2.71. The van der Waals surface area contributed by atoms with Crippen LogP contribution in [0.15, 0.2) is 0 Å². The van der Waals surface area contributed by atoms with Gasteiger partial charge in [0, 0.05) is 6.04 Å². The average Bonchev–Trinajstić information content (AvgIpc) is 2.19. The van der Waals surface area contributed by atoms with Crippen molar-refractivity contribution in [3.63, 3.8) is 0 Å². The summed E-state index contributed by atoms with van der Waals surface area (Å²) in [6, 6.07) is 0.664. The Morgan fingerprint density at radius 2 is 1.44 bits per heavy atom. The third-order valence-corrected chi connectivity index (χ3v) is 2.47. The van der Waals surface area contributed by atoms with E-state index in [1.165, 1.54) is 0 Å². The van der Waals surface area contributed by atoms with E-state index in [9.17, 15) is 0 Å². The Morgan fingerprint density at radius 1 is 1.00 bits per heavy atom. The van der Waals surface area contributed by atoms with Gasteiger partial charge < -0.3 is 23.6 Å². The molecule has 0 aromatic heterocycles. The van der Waals surface area contributed by atoms with Crippen molar-refractivity contribution in [3.8, 4) is 0 Å². The molecule has 0 aromatic carbocycles. The van der Waals surface area contributed by atoms with Crippen LogP contribution in [0.4, 0.5) is 0 Å². The molecule has 0 atom stereocenters. The fraction of sp³-hybridized carbons (Fsp3) is 0.846. The SMILES string of the molecule is [CH2-]CCN(C)C(C)C.[CH2-]CCN(C)CC.[Zn+2]. The van der Waals surface area contributed by atoms with Gasteiger partial charge in [-0.15, -0.1) is 0 Å². The molecule has 0 bridgehead atoms. The first-order valence-electron chi connectivity index (χ1n) is 5.96. The van der Waals surface area contributed by atoms with Crippen LogP contribution in [0.5, 0.6) is 0 Å². The molecule has 94 valence electrons. The first-order valence-corrected chi connectivity index (χ1v) is 5.96. The van der Waals surface area contributed by atoms with Crippen molar-refractivity contribution in [2.75, 3.05) is 33.7 Å². The summed E-state index contributed by atoms with van der Waals surface area (Å²) in [5, 5.41) is 0. The molecule has 0 saturated heterocycles. The van der Waals surface area contributed by atoms with Gasteiger partial charge in [0.15, 0.2) is 0 Å². The molecule has 0 spiro atoms. The molecule has 0 radical (unpaired) electrons. The number of rotatable bonds is 6. The Bertz CT molecular complexity index is 119. The smallest absolute Gasteiger partial charge is 0.342 e. The van der Waals surface area contributed by atoms with Crippen LogP contribution in [-0.4, -0.2) is 49.6 Å². The van der Waals surface area contributed by atoms with Crippen molar-refractivity contribution in [2.45, 2.75) is 39.7 Å².